The Kier molecular flexibility index (Phi) is 5.03. The Morgan fingerprint density at radius 3 is 2.36 bits per heavy atom. The van der Waals surface area contributed by atoms with Gasteiger partial charge >= 0.3 is 0 Å². The number of methoxy groups -OCH3 is 1. The maximum Gasteiger partial charge on any atom is 0.238 e. The van der Waals surface area contributed by atoms with Crippen molar-refractivity contribution in [2.75, 3.05) is 12.9 Å². The van der Waals surface area contributed by atoms with Gasteiger partial charge in [-0.2, -0.15) is 0 Å². The molecule has 2 aromatic carbocycles. The van der Waals surface area contributed by atoms with Gasteiger partial charge in [0, 0.05) is 6.54 Å². The molecule has 1 fully saturated rings. The predicted octanol–water partition coefficient (Wildman–Crippen LogP) is 2.12. The van der Waals surface area contributed by atoms with Gasteiger partial charge in [-0.05, 0) is 35.4 Å². The summed E-state index contributed by atoms with van der Waals surface area (Å²) in [5.41, 5.74) is 1.87. The fraction of sp³-hybridized carbons (Fsp3) is 0.235. The average molecular weight is 378 g/mol. The van der Waals surface area contributed by atoms with Crippen LogP contribution in [0.25, 0.3) is 0 Å². The molecule has 0 bridgehead atoms. The lowest BCUT2D eigenvalue weighted by molar-refractivity contribution is -0.128. The molecule has 0 aliphatic carbocycles. The molecule has 2 N–H and O–H groups in total. The van der Waals surface area contributed by atoms with Gasteiger partial charge < -0.3 is 9.64 Å². The molecule has 2 aromatic rings. The summed E-state index contributed by atoms with van der Waals surface area (Å²) < 4.78 is 27.8. The highest BCUT2D eigenvalue weighted by molar-refractivity contribution is 8.00. The molecule has 6 nitrogen and oxygen atoms in total. The van der Waals surface area contributed by atoms with E-state index in [4.69, 9.17) is 9.88 Å². The van der Waals surface area contributed by atoms with E-state index in [1.165, 1.54) is 12.1 Å². The second-order valence-corrected chi connectivity index (χ2v) is 8.28. The highest BCUT2D eigenvalue weighted by Gasteiger charge is 2.32. The van der Waals surface area contributed by atoms with Gasteiger partial charge in [-0.15, -0.1) is 11.8 Å². The first-order valence-electron chi connectivity index (χ1n) is 7.55. The van der Waals surface area contributed by atoms with Gasteiger partial charge in [-0.3, -0.25) is 4.79 Å². The molecule has 1 heterocycles. The first kappa shape index (κ1) is 17.8. The number of primary sulfonamides is 1. The zero-order valence-corrected chi connectivity index (χ0v) is 15.2. The van der Waals surface area contributed by atoms with Crippen LogP contribution >= 0.6 is 11.8 Å². The van der Waals surface area contributed by atoms with Crippen LogP contribution in [0.2, 0.25) is 0 Å². The Hall–Kier alpha value is -2.03. The standard InChI is InChI=1S/C17H18N2O4S2/c1-23-14-6-4-13(5-7-14)17-19(16(20)11-24-17)10-12-2-8-15(9-3-12)25(18,21)22/h2-9,17H,10-11H2,1H3,(H2,18,21,22). The highest BCUT2D eigenvalue weighted by Crippen LogP contribution is 2.40. The van der Waals surface area contributed by atoms with Crippen molar-refractivity contribution < 1.29 is 17.9 Å². The van der Waals surface area contributed by atoms with Crippen molar-refractivity contribution >= 4 is 27.7 Å². The molecule has 8 heteroatoms. The maximum absolute atomic E-state index is 12.3. The third-order valence-electron chi connectivity index (χ3n) is 3.97. The lowest BCUT2D eigenvalue weighted by Gasteiger charge is -2.24. The van der Waals surface area contributed by atoms with Gasteiger partial charge in [0.25, 0.3) is 0 Å². The second-order valence-electron chi connectivity index (χ2n) is 5.65. The summed E-state index contributed by atoms with van der Waals surface area (Å²) >= 11 is 1.57. The van der Waals surface area contributed by atoms with Crippen LogP contribution in [-0.4, -0.2) is 32.1 Å². The van der Waals surface area contributed by atoms with E-state index < -0.39 is 10.0 Å². The van der Waals surface area contributed by atoms with Crippen LogP contribution in [0.4, 0.5) is 0 Å². The minimum absolute atomic E-state index is 0.0568. The number of ether oxygens (including phenoxy) is 1. The third kappa shape index (κ3) is 3.97. The van der Waals surface area contributed by atoms with E-state index in [-0.39, 0.29) is 16.2 Å². The SMILES string of the molecule is COc1ccc(C2SCC(=O)N2Cc2ccc(S(N)(=O)=O)cc2)cc1. The molecule has 0 saturated carbocycles. The van der Waals surface area contributed by atoms with Crippen molar-refractivity contribution in [1.82, 2.24) is 4.90 Å². The number of benzene rings is 2. The van der Waals surface area contributed by atoms with Crippen molar-refractivity contribution in [1.29, 1.82) is 0 Å². The van der Waals surface area contributed by atoms with Gasteiger partial charge in [-0.25, -0.2) is 13.6 Å². The van der Waals surface area contributed by atoms with Gasteiger partial charge in [0.15, 0.2) is 0 Å². The molecule has 0 aromatic heterocycles. The van der Waals surface area contributed by atoms with Gasteiger partial charge in [0.2, 0.25) is 15.9 Å². The van der Waals surface area contributed by atoms with E-state index in [0.717, 1.165) is 16.9 Å². The number of nitrogens with zero attached hydrogens (tertiary/aromatic N) is 1. The molecule has 3 rings (SSSR count). The van der Waals surface area contributed by atoms with Crippen LogP contribution < -0.4 is 9.88 Å². The van der Waals surface area contributed by atoms with E-state index in [9.17, 15) is 13.2 Å². The van der Waals surface area contributed by atoms with Crippen molar-refractivity contribution in [3.05, 3.63) is 59.7 Å². The van der Waals surface area contributed by atoms with Gasteiger partial charge in [-0.1, -0.05) is 24.3 Å². The number of sulfonamides is 1. The smallest absolute Gasteiger partial charge is 0.238 e. The van der Waals surface area contributed by atoms with Crippen molar-refractivity contribution in [2.24, 2.45) is 5.14 Å². The number of carbonyl (C=O) groups is 1. The summed E-state index contributed by atoms with van der Waals surface area (Å²) in [7, 11) is -2.10. The topological polar surface area (TPSA) is 89.7 Å². The van der Waals surface area contributed by atoms with E-state index >= 15 is 0 Å². The molecule has 0 radical (unpaired) electrons. The van der Waals surface area contributed by atoms with Crippen LogP contribution in [0.3, 0.4) is 0 Å². The number of carbonyl (C=O) groups excluding carboxylic acids is 1. The molecule has 25 heavy (non-hydrogen) atoms. The van der Waals surface area contributed by atoms with Gasteiger partial charge in [0.1, 0.15) is 11.1 Å². The van der Waals surface area contributed by atoms with Crippen LogP contribution in [0.1, 0.15) is 16.5 Å². The number of hydrogen-bond acceptors (Lipinski definition) is 5. The normalized spacial score (nSPS) is 17.8. The summed E-state index contributed by atoms with van der Waals surface area (Å²) in [5.74, 6) is 1.25. The first-order chi connectivity index (χ1) is 11.9. The molecule has 1 saturated heterocycles. The highest BCUT2D eigenvalue weighted by atomic mass is 32.2. The van der Waals surface area contributed by atoms with E-state index in [1.54, 1.807) is 35.9 Å². The van der Waals surface area contributed by atoms with Gasteiger partial charge in [0.05, 0.1) is 17.8 Å². The zero-order chi connectivity index (χ0) is 18.0. The summed E-state index contributed by atoms with van der Waals surface area (Å²) in [6.07, 6.45) is 0. The molecule has 0 spiro atoms. The fourth-order valence-electron chi connectivity index (χ4n) is 2.65. The number of thioether (sulfide) groups is 1. The largest absolute Gasteiger partial charge is 0.497 e. The molecule has 1 atom stereocenters. The van der Waals surface area contributed by atoms with Crippen molar-refractivity contribution in [3.8, 4) is 5.75 Å². The Labute approximate surface area is 151 Å². The third-order valence-corrected chi connectivity index (χ3v) is 6.16. The lowest BCUT2D eigenvalue weighted by atomic mass is 10.1. The maximum atomic E-state index is 12.3. The second kappa shape index (κ2) is 7.07. The average Bonchev–Trinajstić information content (AvgIpc) is 2.95. The first-order valence-corrected chi connectivity index (χ1v) is 10.1. The number of nitrogens with two attached hydrogens (primary N) is 1. The predicted molar refractivity (Wildman–Crippen MR) is 96.6 cm³/mol. The molecule has 1 amide bonds. The van der Waals surface area contributed by atoms with Crippen LogP contribution in [0.15, 0.2) is 53.4 Å². The Morgan fingerprint density at radius 1 is 1.16 bits per heavy atom. The van der Waals surface area contributed by atoms with Crippen molar-refractivity contribution in [2.45, 2.75) is 16.8 Å². The summed E-state index contributed by atoms with van der Waals surface area (Å²) in [6.45, 7) is 0.410. The Balaban J connectivity index is 1.80. The number of amides is 1. The van der Waals surface area contributed by atoms with Crippen LogP contribution in [-0.2, 0) is 21.4 Å². The minimum atomic E-state index is -3.71. The zero-order valence-electron chi connectivity index (χ0n) is 13.6. The van der Waals surface area contributed by atoms with Crippen LogP contribution in [0.5, 0.6) is 5.75 Å². The molecular formula is C17H18N2O4S2. The van der Waals surface area contributed by atoms with E-state index in [0.29, 0.717) is 12.3 Å². The molecule has 1 unspecified atom stereocenters. The molecule has 1 aliphatic rings. The fourth-order valence-corrected chi connectivity index (χ4v) is 4.35. The number of rotatable bonds is 5. The number of hydrogen-bond donors (Lipinski definition) is 1. The summed E-state index contributed by atoms with van der Waals surface area (Å²) in [5, 5.41) is 5.04. The van der Waals surface area contributed by atoms with E-state index in [1.807, 2.05) is 24.3 Å². The van der Waals surface area contributed by atoms with Crippen LogP contribution in [0, 0.1) is 0 Å². The van der Waals surface area contributed by atoms with E-state index in [2.05, 4.69) is 0 Å². The Bertz CT molecular complexity index is 865. The minimum Gasteiger partial charge on any atom is -0.497 e. The quantitative estimate of drug-likeness (QED) is 0.861. The Morgan fingerprint density at radius 2 is 1.80 bits per heavy atom. The van der Waals surface area contributed by atoms with Crippen molar-refractivity contribution in [3.63, 3.8) is 0 Å². The monoisotopic (exact) mass is 378 g/mol. The lowest BCUT2D eigenvalue weighted by Crippen LogP contribution is -2.27. The molecular weight excluding hydrogens is 360 g/mol. The molecule has 132 valence electrons. The summed E-state index contributed by atoms with van der Waals surface area (Å²) in [6, 6.07) is 13.9. The molecule has 1 aliphatic heterocycles. The summed E-state index contributed by atoms with van der Waals surface area (Å²) in [4.78, 5) is 14.1.